The van der Waals surface area contributed by atoms with E-state index < -0.39 is 10.0 Å². The molecular weight excluding hydrogens is 324 g/mol. The van der Waals surface area contributed by atoms with Crippen molar-refractivity contribution < 1.29 is 13.2 Å². The van der Waals surface area contributed by atoms with Crippen molar-refractivity contribution in [2.24, 2.45) is 5.92 Å². The Labute approximate surface area is 144 Å². The van der Waals surface area contributed by atoms with E-state index in [9.17, 15) is 13.2 Å². The summed E-state index contributed by atoms with van der Waals surface area (Å²) in [5, 5.41) is 0. The van der Waals surface area contributed by atoms with E-state index in [-0.39, 0.29) is 10.7 Å². The highest BCUT2D eigenvalue weighted by Crippen LogP contribution is 2.31. The zero-order valence-corrected chi connectivity index (χ0v) is 15.3. The van der Waals surface area contributed by atoms with E-state index in [1.807, 2.05) is 0 Å². The van der Waals surface area contributed by atoms with Crippen LogP contribution < -0.4 is 0 Å². The first-order chi connectivity index (χ1) is 11.4. The number of ketones is 1. The number of rotatable bonds is 5. The van der Waals surface area contributed by atoms with Crippen LogP contribution in [0.2, 0.25) is 0 Å². The normalized spacial score (nSPS) is 25.6. The number of carbonyl (C=O) groups excluding carboxylic acids is 1. The fraction of sp³-hybridized carbons (Fsp3) is 0.611. The standard InChI is InChI=1S/C18H26N2O3S/c1-3-10-19-11-15-4-7-17(19)13-20(12-15)24(22,23)18-8-5-16(6-9-18)14(2)21/h5-6,8-9,15,17H,3-4,7,10-13H2,1-2H3/t15-,17-/m0/s1. The summed E-state index contributed by atoms with van der Waals surface area (Å²) in [6, 6.07) is 6.65. The van der Waals surface area contributed by atoms with Gasteiger partial charge in [-0.05, 0) is 50.8 Å². The van der Waals surface area contributed by atoms with Crippen LogP contribution >= 0.6 is 0 Å². The lowest BCUT2D eigenvalue weighted by atomic mass is 9.95. The van der Waals surface area contributed by atoms with Crippen LogP contribution in [0.15, 0.2) is 29.2 Å². The van der Waals surface area contributed by atoms with E-state index in [0.29, 0.717) is 30.6 Å². The van der Waals surface area contributed by atoms with Gasteiger partial charge in [-0.3, -0.25) is 9.69 Å². The first-order valence-corrected chi connectivity index (χ1v) is 10.2. The van der Waals surface area contributed by atoms with Gasteiger partial charge in [0.05, 0.1) is 4.90 Å². The Kier molecular flexibility index (Phi) is 5.08. The summed E-state index contributed by atoms with van der Waals surface area (Å²) in [4.78, 5) is 14.1. The molecule has 2 bridgehead atoms. The van der Waals surface area contributed by atoms with Crippen LogP contribution in [0.3, 0.4) is 0 Å². The second-order valence-corrected chi connectivity index (χ2v) is 8.93. The minimum atomic E-state index is -3.50. The van der Waals surface area contributed by atoms with Crippen LogP contribution in [0.5, 0.6) is 0 Å². The van der Waals surface area contributed by atoms with Gasteiger partial charge in [0.1, 0.15) is 0 Å². The van der Waals surface area contributed by atoms with Crippen LogP contribution in [-0.2, 0) is 10.0 Å². The van der Waals surface area contributed by atoms with Crippen molar-refractivity contribution in [2.75, 3.05) is 26.2 Å². The summed E-state index contributed by atoms with van der Waals surface area (Å²) >= 11 is 0. The Balaban J connectivity index is 1.83. The monoisotopic (exact) mass is 350 g/mol. The molecule has 0 N–H and O–H groups in total. The number of carbonyl (C=O) groups is 1. The lowest BCUT2D eigenvalue weighted by Crippen LogP contribution is -2.44. The van der Waals surface area contributed by atoms with E-state index in [1.54, 1.807) is 28.6 Å². The van der Waals surface area contributed by atoms with Crippen molar-refractivity contribution in [1.29, 1.82) is 0 Å². The summed E-state index contributed by atoms with van der Waals surface area (Å²) < 4.78 is 27.7. The second kappa shape index (κ2) is 6.94. The van der Waals surface area contributed by atoms with Crippen LogP contribution in [0, 0.1) is 5.92 Å². The SMILES string of the molecule is CCCN1C[C@@H]2CC[C@H]1CN(S(=O)(=O)c1ccc(C(C)=O)cc1)C2. The largest absolute Gasteiger partial charge is 0.299 e. The Morgan fingerprint density at radius 2 is 1.83 bits per heavy atom. The number of Topliss-reactive ketones (excluding diaryl/α,β-unsaturated/α-hetero) is 1. The second-order valence-electron chi connectivity index (χ2n) is 6.99. The van der Waals surface area contributed by atoms with Crippen molar-refractivity contribution in [3.63, 3.8) is 0 Å². The summed E-state index contributed by atoms with van der Waals surface area (Å²) in [5.74, 6) is 0.364. The van der Waals surface area contributed by atoms with Crippen molar-refractivity contribution in [3.8, 4) is 0 Å². The van der Waals surface area contributed by atoms with Gasteiger partial charge in [-0.2, -0.15) is 4.31 Å². The molecule has 24 heavy (non-hydrogen) atoms. The van der Waals surface area contributed by atoms with Crippen molar-refractivity contribution >= 4 is 15.8 Å². The third-order valence-electron chi connectivity index (χ3n) is 5.20. The molecule has 3 saturated heterocycles. The van der Waals surface area contributed by atoms with Crippen molar-refractivity contribution in [3.05, 3.63) is 29.8 Å². The number of piperidine rings is 1. The predicted molar refractivity (Wildman–Crippen MR) is 93.6 cm³/mol. The van der Waals surface area contributed by atoms with Gasteiger partial charge in [0.2, 0.25) is 10.0 Å². The fourth-order valence-electron chi connectivity index (χ4n) is 3.90. The molecule has 0 amide bonds. The van der Waals surface area contributed by atoms with Gasteiger partial charge in [0, 0.05) is 31.2 Å². The third-order valence-corrected chi connectivity index (χ3v) is 7.05. The molecule has 2 atom stereocenters. The number of sulfonamides is 1. The van der Waals surface area contributed by atoms with Crippen LogP contribution in [-0.4, -0.2) is 55.6 Å². The summed E-state index contributed by atoms with van der Waals surface area (Å²) in [7, 11) is -3.50. The number of fused-ring (bicyclic) bond motifs is 4. The minimum Gasteiger partial charge on any atom is -0.299 e. The first kappa shape index (κ1) is 17.6. The topological polar surface area (TPSA) is 57.7 Å². The molecule has 3 heterocycles. The molecule has 0 radical (unpaired) electrons. The molecule has 3 aliphatic rings. The molecule has 0 saturated carbocycles. The lowest BCUT2D eigenvalue weighted by Gasteiger charge is -2.35. The van der Waals surface area contributed by atoms with Gasteiger partial charge in [0.25, 0.3) is 0 Å². The van der Waals surface area contributed by atoms with E-state index >= 15 is 0 Å². The molecule has 0 aromatic heterocycles. The van der Waals surface area contributed by atoms with Crippen molar-refractivity contribution in [1.82, 2.24) is 9.21 Å². The molecule has 1 aromatic carbocycles. The highest BCUT2D eigenvalue weighted by atomic mass is 32.2. The number of nitrogens with zero attached hydrogens (tertiary/aromatic N) is 2. The maximum atomic E-state index is 13.0. The number of hydrogen-bond donors (Lipinski definition) is 0. The van der Waals surface area contributed by atoms with Gasteiger partial charge in [0.15, 0.2) is 5.78 Å². The zero-order chi connectivity index (χ0) is 17.3. The summed E-state index contributed by atoms with van der Waals surface area (Å²) in [5.41, 5.74) is 0.541. The van der Waals surface area contributed by atoms with Gasteiger partial charge in [-0.15, -0.1) is 0 Å². The van der Waals surface area contributed by atoms with Gasteiger partial charge < -0.3 is 0 Å². The van der Waals surface area contributed by atoms with Crippen LogP contribution in [0.4, 0.5) is 0 Å². The zero-order valence-electron chi connectivity index (χ0n) is 14.4. The molecule has 0 aliphatic carbocycles. The predicted octanol–water partition coefficient (Wildman–Crippen LogP) is 2.38. The highest BCUT2D eigenvalue weighted by Gasteiger charge is 2.39. The lowest BCUT2D eigenvalue weighted by molar-refractivity contribution is 0.101. The molecule has 1 aromatic rings. The molecule has 3 fully saturated rings. The average Bonchev–Trinajstić information content (AvgIpc) is 2.88. The smallest absolute Gasteiger partial charge is 0.243 e. The Morgan fingerprint density at radius 3 is 2.46 bits per heavy atom. The molecule has 0 spiro atoms. The highest BCUT2D eigenvalue weighted by molar-refractivity contribution is 7.89. The molecule has 3 aliphatic heterocycles. The number of hydrogen-bond acceptors (Lipinski definition) is 4. The molecule has 5 nitrogen and oxygen atoms in total. The quantitative estimate of drug-likeness (QED) is 0.765. The fourth-order valence-corrected chi connectivity index (χ4v) is 5.46. The summed E-state index contributed by atoms with van der Waals surface area (Å²) in [6.07, 6.45) is 3.29. The van der Waals surface area contributed by atoms with E-state index in [4.69, 9.17) is 0 Å². The maximum Gasteiger partial charge on any atom is 0.243 e. The molecule has 132 valence electrons. The minimum absolute atomic E-state index is 0.0537. The van der Waals surface area contributed by atoms with Gasteiger partial charge in [-0.25, -0.2) is 8.42 Å². The van der Waals surface area contributed by atoms with Crippen LogP contribution in [0.1, 0.15) is 43.5 Å². The first-order valence-electron chi connectivity index (χ1n) is 8.77. The number of benzene rings is 1. The Morgan fingerprint density at radius 1 is 1.12 bits per heavy atom. The molecular formula is C18H26N2O3S. The van der Waals surface area contributed by atoms with Gasteiger partial charge in [-0.1, -0.05) is 19.1 Å². The Bertz CT molecular complexity index is 699. The van der Waals surface area contributed by atoms with Crippen molar-refractivity contribution in [2.45, 2.75) is 44.0 Å². The molecule has 0 unspecified atom stereocenters. The van der Waals surface area contributed by atoms with E-state index in [1.165, 1.54) is 6.92 Å². The molecule has 4 rings (SSSR count). The van der Waals surface area contributed by atoms with E-state index in [2.05, 4.69) is 11.8 Å². The average molecular weight is 350 g/mol. The maximum absolute atomic E-state index is 13.0. The third kappa shape index (κ3) is 3.41. The summed E-state index contributed by atoms with van der Waals surface area (Å²) in [6.45, 7) is 6.89. The van der Waals surface area contributed by atoms with Gasteiger partial charge >= 0.3 is 0 Å². The van der Waals surface area contributed by atoms with E-state index in [0.717, 1.165) is 32.4 Å². The molecule has 6 heteroatoms. The van der Waals surface area contributed by atoms with Crippen LogP contribution in [0.25, 0.3) is 0 Å². The Hall–Kier alpha value is -1.24.